The van der Waals surface area contributed by atoms with E-state index in [1.54, 1.807) is 10.9 Å². The molecule has 0 amide bonds. The lowest BCUT2D eigenvalue weighted by Crippen LogP contribution is -2.24. The van der Waals surface area contributed by atoms with Crippen LogP contribution in [0.3, 0.4) is 0 Å². The van der Waals surface area contributed by atoms with Crippen molar-refractivity contribution in [1.29, 1.82) is 0 Å². The number of furan rings is 1. The first-order valence-electron chi connectivity index (χ1n) is 7.66. The minimum atomic E-state index is 0.351. The van der Waals surface area contributed by atoms with E-state index in [1.807, 2.05) is 36.5 Å². The van der Waals surface area contributed by atoms with E-state index in [2.05, 4.69) is 21.7 Å². The van der Waals surface area contributed by atoms with Gasteiger partial charge in [-0.3, -0.25) is 0 Å². The molecule has 0 bridgehead atoms. The minimum absolute atomic E-state index is 0.351. The van der Waals surface area contributed by atoms with Crippen molar-refractivity contribution in [3.05, 3.63) is 65.9 Å². The Kier molecular flexibility index (Phi) is 3.48. The third kappa shape index (κ3) is 2.55. The van der Waals surface area contributed by atoms with Crippen LogP contribution in [0.2, 0.25) is 0 Å². The Hall–Kier alpha value is -2.40. The lowest BCUT2D eigenvalue weighted by Gasteiger charge is -2.22. The average Bonchev–Trinajstić information content (AvgIpc) is 3.23. The summed E-state index contributed by atoms with van der Waals surface area (Å²) in [6.45, 7) is 0.710. The van der Waals surface area contributed by atoms with Crippen molar-refractivity contribution in [3.8, 4) is 5.69 Å². The van der Waals surface area contributed by atoms with Crippen molar-refractivity contribution in [3.63, 3.8) is 0 Å². The van der Waals surface area contributed by atoms with Crippen LogP contribution in [0.15, 0.2) is 53.3 Å². The first-order chi connectivity index (χ1) is 10.9. The predicted octanol–water partition coefficient (Wildman–Crippen LogP) is 3.03. The second-order valence-electron chi connectivity index (χ2n) is 5.61. The van der Waals surface area contributed by atoms with Crippen LogP contribution in [0.25, 0.3) is 5.69 Å². The second kappa shape index (κ2) is 5.77. The van der Waals surface area contributed by atoms with Crippen LogP contribution in [-0.2, 0) is 13.0 Å². The summed E-state index contributed by atoms with van der Waals surface area (Å²) in [5, 5.41) is 12.0. The number of nitrogens with zero attached hydrogens (tertiary/aromatic N) is 3. The molecule has 5 heteroatoms. The van der Waals surface area contributed by atoms with Crippen molar-refractivity contribution < 1.29 is 4.42 Å². The molecule has 2 aromatic heterocycles. The number of aromatic nitrogens is 3. The lowest BCUT2D eigenvalue weighted by atomic mass is 9.93. The zero-order chi connectivity index (χ0) is 14.8. The zero-order valence-corrected chi connectivity index (χ0v) is 12.3. The fourth-order valence-corrected chi connectivity index (χ4v) is 3.01. The summed E-state index contributed by atoms with van der Waals surface area (Å²) in [6.07, 6.45) is 7.11. The van der Waals surface area contributed by atoms with E-state index in [4.69, 9.17) is 4.42 Å². The number of nitrogens with one attached hydrogen (secondary N) is 1. The highest BCUT2D eigenvalue weighted by Gasteiger charge is 2.22. The molecule has 0 saturated carbocycles. The standard InChI is InChI=1S/C17H18N4O/c1-2-5-14(6-3-1)21-12-13(19-20-21)11-18-16-7-4-8-17-15(16)9-10-22-17/h1-3,5-6,9-10,12,16,18H,4,7-8,11H2. The molecule has 112 valence electrons. The summed E-state index contributed by atoms with van der Waals surface area (Å²) in [5.41, 5.74) is 3.26. The smallest absolute Gasteiger partial charge is 0.108 e. The van der Waals surface area contributed by atoms with Crippen LogP contribution in [0, 0.1) is 0 Å². The van der Waals surface area contributed by atoms with Crippen LogP contribution < -0.4 is 5.32 Å². The highest BCUT2D eigenvalue weighted by atomic mass is 16.3. The first kappa shape index (κ1) is 13.3. The van der Waals surface area contributed by atoms with Gasteiger partial charge in [-0.2, -0.15) is 0 Å². The Balaban J connectivity index is 1.44. The molecule has 1 N–H and O–H groups in total. The van der Waals surface area contributed by atoms with Gasteiger partial charge in [-0.25, -0.2) is 4.68 Å². The average molecular weight is 294 g/mol. The maximum atomic E-state index is 5.53. The molecule has 3 aromatic rings. The molecular weight excluding hydrogens is 276 g/mol. The molecule has 4 rings (SSSR count). The van der Waals surface area contributed by atoms with Gasteiger partial charge in [-0.05, 0) is 31.0 Å². The summed E-state index contributed by atoms with van der Waals surface area (Å²) in [5.74, 6) is 1.12. The molecule has 22 heavy (non-hydrogen) atoms. The number of fused-ring (bicyclic) bond motifs is 1. The number of aryl methyl sites for hydroxylation is 1. The molecule has 0 saturated heterocycles. The van der Waals surface area contributed by atoms with E-state index in [-0.39, 0.29) is 0 Å². The van der Waals surface area contributed by atoms with Gasteiger partial charge in [0.05, 0.1) is 23.8 Å². The van der Waals surface area contributed by atoms with Crippen molar-refractivity contribution in [2.75, 3.05) is 0 Å². The third-order valence-corrected chi connectivity index (χ3v) is 4.14. The molecular formula is C17H18N4O. The quantitative estimate of drug-likeness (QED) is 0.803. The van der Waals surface area contributed by atoms with Crippen molar-refractivity contribution >= 4 is 0 Å². The Morgan fingerprint density at radius 1 is 1.23 bits per heavy atom. The molecule has 0 radical (unpaired) electrons. The van der Waals surface area contributed by atoms with E-state index in [1.165, 1.54) is 5.56 Å². The molecule has 1 aliphatic carbocycles. The maximum Gasteiger partial charge on any atom is 0.108 e. The van der Waals surface area contributed by atoms with Crippen molar-refractivity contribution in [2.24, 2.45) is 0 Å². The van der Waals surface area contributed by atoms with Crippen molar-refractivity contribution in [1.82, 2.24) is 20.3 Å². The van der Waals surface area contributed by atoms with Crippen LogP contribution in [0.5, 0.6) is 0 Å². The summed E-state index contributed by atoms with van der Waals surface area (Å²) in [7, 11) is 0. The summed E-state index contributed by atoms with van der Waals surface area (Å²) < 4.78 is 7.33. The van der Waals surface area contributed by atoms with Crippen LogP contribution in [0.1, 0.15) is 35.9 Å². The summed E-state index contributed by atoms with van der Waals surface area (Å²) in [4.78, 5) is 0. The normalized spacial score (nSPS) is 17.4. The molecule has 0 spiro atoms. The molecule has 1 unspecified atom stereocenters. The van der Waals surface area contributed by atoms with Gasteiger partial charge in [0, 0.05) is 24.6 Å². The molecule has 1 atom stereocenters. The number of para-hydroxylation sites is 1. The SMILES string of the molecule is c1ccc(-n2cc(CNC3CCCc4occc43)nn2)cc1. The van der Waals surface area contributed by atoms with Gasteiger partial charge in [-0.15, -0.1) is 5.10 Å². The molecule has 1 aromatic carbocycles. The highest BCUT2D eigenvalue weighted by molar-refractivity contribution is 5.30. The minimum Gasteiger partial charge on any atom is -0.469 e. The van der Waals surface area contributed by atoms with Gasteiger partial charge in [0.15, 0.2) is 0 Å². The number of hydrogen-bond donors (Lipinski definition) is 1. The van der Waals surface area contributed by atoms with Gasteiger partial charge in [0.25, 0.3) is 0 Å². The van der Waals surface area contributed by atoms with Gasteiger partial charge >= 0.3 is 0 Å². The van der Waals surface area contributed by atoms with E-state index < -0.39 is 0 Å². The topological polar surface area (TPSA) is 55.9 Å². The fraction of sp³-hybridized carbons (Fsp3) is 0.294. The predicted molar refractivity (Wildman–Crippen MR) is 82.6 cm³/mol. The van der Waals surface area contributed by atoms with E-state index in [0.717, 1.165) is 36.4 Å². The van der Waals surface area contributed by atoms with E-state index >= 15 is 0 Å². The van der Waals surface area contributed by atoms with E-state index in [0.29, 0.717) is 12.6 Å². The largest absolute Gasteiger partial charge is 0.469 e. The Morgan fingerprint density at radius 3 is 3.05 bits per heavy atom. The summed E-state index contributed by atoms with van der Waals surface area (Å²) in [6, 6.07) is 12.5. The lowest BCUT2D eigenvalue weighted by molar-refractivity contribution is 0.409. The summed E-state index contributed by atoms with van der Waals surface area (Å²) >= 11 is 0. The van der Waals surface area contributed by atoms with Gasteiger partial charge in [0.1, 0.15) is 5.76 Å². The molecule has 1 aliphatic rings. The number of benzene rings is 1. The zero-order valence-electron chi connectivity index (χ0n) is 12.3. The molecule has 0 fully saturated rings. The highest BCUT2D eigenvalue weighted by Crippen LogP contribution is 2.30. The number of hydrogen-bond acceptors (Lipinski definition) is 4. The second-order valence-corrected chi connectivity index (χ2v) is 5.61. The Morgan fingerprint density at radius 2 is 2.14 bits per heavy atom. The monoisotopic (exact) mass is 294 g/mol. The van der Waals surface area contributed by atoms with Gasteiger partial charge in [-0.1, -0.05) is 23.4 Å². The van der Waals surface area contributed by atoms with Crippen LogP contribution >= 0.6 is 0 Å². The van der Waals surface area contributed by atoms with Gasteiger partial charge < -0.3 is 9.73 Å². The molecule has 0 aliphatic heterocycles. The molecule has 2 heterocycles. The number of rotatable bonds is 4. The molecule has 5 nitrogen and oxygen atoms in total. The van der Waals surface area contributed by atoms with Crippen LogP contribution in [0.4, 0.5) is 0 Å². The van der Waals surface area contributed by atoms with Crippen molar-refractivity contribution in [2.45, 2.75) is 31.8 Å². The Bertz CT molecular complexity index is 747. The van der Waals surface area contributed by atoms with Gasteiger partial charge in [0.2, 0.25) is 0 Å². The van der Waals surface area contributed by atoms with Crippen LogP contribution in [-0.4, -0.2) is 15.0 Å². The maximum absolute atomic E-state index is 5.53. The Labute approximate surface area is 129 Å². The third-order valence-electron chi connectivity index (χ3n) is 4.14. The van der Waals surface area contributed by atoms with E-state index in [9.17, 15) is 0 Å². The first-order valence-corrected chi connectivity index (χ1v) is 7.66. The fourth-order valence-electron chi connectivity index (χ4n) is 3.01.